The van der Waals surface area contributed by atoms with Gasteiger partial charge in [0.05, 0.1) is 10.5 Å². The van der Waals surface area contributed by atoms with Gasteiger partial charge in [-0.1, -0.05) is 25.3 Å². The lowest BCUT2D eigenvalue weighted by Crippen LogP contribution is -2.38. The summed E-state index contributed by atoms with van der Waals surface area (Å²) in [6.07, 6.45) is 3.75. The maximum atomic E-state index is 13.1. The van der Waals surface area contributed by atoms with Crippen molar-refractivity contribution in [2.24, 2.45) is 0 Å². The molecule has 0 heterocycles. The number of nitrogens with one attached hydrogen (secondary N) is 1. The molecule has 1 fully saturated rings. The van der Waals surface area contributed by atoms with E-state index >= 15 is 0 Å². The monoisotopic (exact) mass is 487 g/mol. The molecule has 0 aromatic heterocycles. The Labute approximate surface area is 201 Å². The summed E-state index contributed by atoms with van der Waals surface area (Å²) in [5.41, 5.74) is 1.65. The van der Waals surface area contributed by atoms with Gasteiger partial charge in [0.25, 0.3) is 5.91 Å². The maximum absolute atomic E-state index is 13.1. The number of anilines is 2. The molecular weight excluding hydrogens is 454 g/mol. The minimum atomic E-state index is -3.75. The molecule has 184 valence electrons. The lowest BCUT2D eigenvalue weighted by Gasteiger charge is -2.30. The van der Waals surface area contributed by atoms with Crippen LogP contribution in [0.2, 0.25) is 0 Å². The third-order valence-corrected chi connectivity index (χ3v) is 8.05. The Morgan fingerprint density at radius 1 is 1.00 bits per heavy atom. The number of carbonyl (C=O) groups excluding carboxylic acids is 2. The summed E-state index contributed by atoms with van der Waals surface area (Å²) in [7, 11) is 1.68. The van der Waals surface area contributed by atoms with Crippen LogP contribution >= 0.6 is 0 Å². The minimum absolute atomic E-state index is 0.0353. The topological polar surface area (TPSA) is 96.0 Å². The van der Waals surface area contributed by atoms with Gasteiger partial charge >= 0.3 is 5.97 Å². The van der Waals surface area contributed by atoms with E-state index in [0.29, 0.717) is 5.69 Å². The molecule has 3 rings (SSSR count). The van der Waals surface area contributed by atoms with Crippen LogP contribution in [-0.4, -0.2) is 57.9 Å². The van der Waals surface area contributed by atoms with Crippen LogP contribution in [0, 0.1) is 0 Å². The third kappa shape index (κ3) is 6.15. The van der Waals surface area contributed by atoms with Crippen molar-refractivity contribution in [1.82, 2.24) is 4.31 Å². The molecule has 2 aromatic rings. The second kappa shape index (κ2) is 11.0. The van der Waals surface area contributed by atoms with Crippen LogP contribution in [0.4, 0.5) is 11.4 Å². The van der Waals surface area contributed by atoms with Gasteiger partial charge in [-0.25, -0.2) is 13.2 Å². The zero-order valence-electron chi connectivity index (χ0n) is 20.2. The number of esters is 1. The van der Waals surface area contributed by atoms with Gasteiger partial charge in [-0.3, -0.25) is 4.79 Å². The molecule has 1 aliphatic carbocycles. The van der Waals surface area contributed by atoms with Crippen molar-refractivity contribution >= 4 is 33.3 Å². The quantitative estimate of drug-likeness (QED) is 0.568. The summed E-state index contributed by atoms with van der Waals surface area (Å²) >= 11 is 0. The number of rotatable bonds is 8. The molecular formula is C25H33N3O5S. The fourth-order valence-corrected chi connectivity index (χ4v) is 5.42. The Morgan fingerprint density at radius 2 is 1.65 bits per heavy atom. The van der Waals surface area contributed by atoms with E-state index in [4.69, 9.17) is 4.74 Å². The van der Waals surface area contributed by atoms with Crippen molar-refractivity contribution in [3.63, 3.8) is 0 Å². The Morgan fingerprint density at radius 3 is 2.26 bits per heavy atom. The molecule has 34 heavy (non-hydrogen) atoms. The van der Waals surface area contributed by atoms with Gasteiger partial charge in [0.1, 0.15) is 0 Å². The number of hydrogen-bond acceptors (Lipinski definition) is 6. The van der Waals surface area contributed by atoms with Gasteiger partial charge in [0, 0.05) is 38.6 Å². The van der Waals surface area contributed by atoms with E-state index in [9.17, 15) is 18.0 Å². The largest absolute Gasteiger partial charge is 0.449 e. The first-order chi connectivity index (χ1) is 16.1. The van der Waals surface area contributed by atoms with Gasteiger partial charge < -0.3 is 15.0 Å². The SMILES string of the molecule is CC(OC(=O)c1cccc(S(=O)(=O)N(C)C2CCCCC2)c1)C(=O)Nc1ccc(N(C)C)cc1. The molecule has 1 unspecified atom stereocenters. The molecule has 0 saturated heterocycles. The van der Waals surface area contributed by atoms with Crippen LogP contribution in [0.5, 0.6) is 0 Å². The van der Waals surface area contributed by atoms with Crippen LogP contribution in [0.15, 0.2) is 53.4 Å². The summed E-state index contributed by atoms with van der Waals surface area (Å²) < 4.78 is 32.9. The normalized spacial score (nSPS) is 15.6. The van der Waals surface area contributed by atoms with Crippen LogP contribution in [0.1, 0.15) is 49.4 Å². The van der Waals surface area contributed by atoms with Gasteiger partial charge in [0.15, 0.2) is 6.10 Å². The molecule has 1 saturated carbocycles. The minimum Gasteiger partial charge on any atom is -0.449 e. The average molecular weight is 488 g/mol. The maximum Gasteiger partial charge on any atom is 0.338 e. The number of benzene rings is 2. The highest BCUT2D eigenvalue weighted by Gasteiger charge is 2.30. The molecule has 0 radical (unpaired) electrons. The number of ether oxygens (including phenoxy) is 1. The summed E-state index contributed by atoms with van der Waals surface area (Å²) in [5, 5.41) is 2.71. The van der Waals surface area contributed by atoms with Gasteiger partial charge in [-0.15, -0.1) is 0 Å². The van der Waals surface area contributed by atoms with Crippen molar-refractivity contribution < 1.29 is 22.7 Å². The summed E-state index contributed by atoms with van der Waals surface area (Å²) in [6, 6.07) is 13.0. The fourth-order valence-electron chi connectivity index (χ4n) is 3.96. The molecule has 1 amide bonds. The van der Waals surface area contributed by atoms with E-state index in [0.717, 1.165) is 37.8 Å². The zero-order valence-corrected chi connectivity index (χ0v) is 21.0. The molecule has 1 aliphatic rings. The predicted molar refractivity (Wildman–Crippen MR) is 133 cm³/mol. The van der Waals surface area contributed by atoms with E-state index in [1.165, 1.54) is 35.5 Å². The standard InChI is InChI=1S/C25H33N3O5S/c1-18(24(29)26-20-13-15-21(16-14-20)27(2)3)33-25(30)19-9-8-12-23(17-19)34(31,32)28(4)22-10-6-5-7-11-22/h8-9,12-18,22H,5-7,10-11H2,1-4H3,(H,26,29). The second-order valence-corrected chi connectivity index (χ2v) is 10.8. The molecule has 1 atom stereocenters. The molecule has 2 aromatic carbocycles. The summed E-state index contributed by atoms with van der Waals surface area (Å²) in [4.78, 5) is 27.1. The second-order valence-electron chi connectivity index (χ2n) is 8.82. The first-order valence-electron chi connectivity index (χ1n) is 11.5. The predicted octanol–water partition coefficient (Wildman–Crippen LogP) is 3.89. The number of carbonyl (C=O) groups is 2. The van der Waals surface area contributed by atoms with E-state index < -0.39 is 28.0 Å². The van der Waals surface area contributed by atoms with Crippen molar-refractivity contribution in [3.05, 3.63) is 54.1 Å². The number of nitrogens with zero attached hydrogens (tertiary/aromatic N) is 2. The Bertz CT molecular complexity index is 1110. The molecule has 0 aliphatic heterocycles. The molecule has 8 nitrogen and oxygen atoms in total. The Hall–Kier alpha value is -2.91. The highest BCUT2D eigenvalue weighted by Crippen LogP contribution is 2.27. The van der Waals surface area contributed by atoms with E-state index in [-0.39, 0.29) is 16.5 Å². The molecule has 1 N–H and O–H groups in total. The summed E-state index contributed by atoms with van der Waals surface area (Å²) in [6.45, 7) is 1.47. The van der Waals surface area contributed by atoms with Crippen LogP contribution in [0.3, 0.4) is 0 Å². The van der Waals surface area contributed by atoms with Gasteiger partial charge in [0.2, 0.25) is 10.0 Å². The van der Waals surface area contributed by atoms with Crippen LogP contribution in [0.25, 0.3) is 0 Å². The number of amides is 1. The third-order valence-electron chi connectivity index (χ3n) is 6.14. The molecule has 9 heteroatoms. The number of hydrogen-bond donors (Lipinski definition) is 1. The Kier molecular flexibility index (Phi) is 8.33. The van der Waals surface area contributed by atoms with Gasteiger partial charge in [-0.2, -0.15) is 4.31 Å². The van der Waals surface area contributed by atoms with E-state index in [1.807, 2.05) is 31.1 Å². The average Bonchev–Trinajstić information content (AvgIpc) is 2.84. The van der Waals surface area contributed by atoms with Crippen molar-refractivity contribution in [3.8, 4) is 0 Å². The Balaban J connectivity index is 1.65. The molecule has 0 spiro atoms. The highest BCUT2D eigenvalue weighted by atomic mass is 32.2. The molecule has 0 bridgehead atoms. The zero-order chi connectivity index (χ0) is 24.9. The number of sulfonamides is 1. The fraction of sp³-hybridized carbons (Fsp3) is 0.440. The first kappa shape index (κ1) is 25.7. The van der Waals surface area contributed by atoms with Crippen molar-refractivity contribution in [2.45, 2.75) is 56.1 Å². The smallest absolute Gasteiger partial charge is 0.338 e. The van der Waals surface area contributed by atoms with E-state index in [2.05, 4.69) is 5.32 Å². The van der Waals surface area contributed by atoms with E-state index in [1.54, 1.807) is 19.2 Å². The lowest BCUT2D eigenvalue weighted by molar-refractivity contribution is -0.123. The summed E-state index contributed by atoms with van der Waals surface area (Å²) in [5.74, 6) is -1.24. The van der Waals surface area contributed by atoms with Crippen LogP contribution in [-0.2, 0) is 19.6 Å². The van der Waals surface area contributed by atoms with Crippen molar-refractivity contribution in [1.29, 1.82) is 0 Å². The first-order valence-corrected chi connectivity index (χ1v) is 12.9. The van der Waals surface area contributed by atoms with Gasteiger partial charge in [-0.05, 0) is 62.2 Å². The highest BCUT2D eigenvalue weighted by molar-refractivity contribution is 7.89. The van der Waals surface area contributed by atoms with Crippen molar-refractivity contribution in [2.75, 3.05) is 31.4 Å². The lowest BCUT2D eigenvalue weighted by atomic mass is 9.96. The van der Waals surface area contributed by atoms with Crippen LogP contribution < -0.4 is 10.2 Å².